The molecule has 0 aliphatic rings. The van der Waals surface area contributed by atoms with Crippen LogP contribution >= 0.6 is 11.3 Å². The average Bonchev–Trinajstić information content (AvgIpc) is 2.70. The van der Waals surface area contributed by atoms with E-state index in [1.807, 2.05) is 19.1 Å². The number of hydrogen-bond acceptors (Lipinski definition) is 3. The number of rotatable bonds is 7. The van der Waals surface area contributed by atoms with Gasteiger partial charge in [0.05, 0.1) is 4.88 Å². The monoisotopic (exact) mass is 253 g/mol. The predicted octanol–water partition coefficient (Wildman–Crippen LogP) is 3.64. The molecule has 2 nitrogen and oxygen atoms in total. The summed E-state index contributed by atoms with van der Waals surface area (Å²) >= 11 is 1.60. The van der Waals surface area contributed by atoms with Gasteiger partial charge >= 0.3 is 0 Å². The van der Waals surface area contributed by atoms with Crippen molar-refractivity contribution in [1.29, 1.82) is 0 Å². The Hall–Kier alpha value is -0.670. The molecule has 17 heavy (non-hydrogen) atoms. The summed E-state index contributed by atoms with van der Waals surface area (Å²) in [7, 11) is 0. The molecule has 96 valence electrons. The van der Waals surface area contributed by atoms with Gasteiger partial charge in [0.1, 0.15) is 0 Å². The van der Waals surface area contributed by atoms with Crippen molar-refractivity contribution in [2.75, 3.05) is 6.54 Å². The van der Waals surface area contributed by atoms with Gasteiger partial charge in [0.25, 0.3) is 0 Å². The Balaban J connectivity index is 2.46. The summed E-state index contributed by atoms with van der Waals surface area (Å²) in [4.78, 5) is 14.1. The molecule has 1 rings (SSSR count). The SMILES string of the molecule is Cc1ccc(C(=O)CCC(CCN)C(C)C)s1. The second-order valence-corrected chi connectivity index (χ2v) is 6.24. The number of Topliss-reactive ketones (excluding diaryl/α,β-unsaturated/α-hetero) is 1. The maximum absolute atomic E-state index is 12.0. The number of nitrogens with two attached hydrogens (primary N) is 1. The Bertz CT molecular complexity index is 357. The number of aryl methyl sites for hydroxylation is 1. The predicted molar refractivity (Wildman–Crippen MR) is 74.6 cm³/mol. The molecule has 0 fully saturated rings. The van der Waals surface area contributed by atoms with Crippen molar-refractivity contribution in [3.05, 3.63) is 21.9 Å². The highest BCUT2D eigenvalue weighted by Gasteiger charge is 2.15. The van der Waals surface area contributed by atoms with Gasteiger partial charge < -0.3 is 5.73 Å². The minimum Gasteiger partial charge on any atom is -0.330 e. The van der Waals surface area contributed by atoms with Gasteiger partial charge in [-0.3, -0.25) is 4.79 Å². The molecular weight excluding hydrogens is 230 g/mol. The molecule has 1 unspecified atom stereocenters. The summed E-state index contributed by atoms with van der Waals surface area (Å²) < 4.78 is 0. The van der Waals surface area contributed by atoms with Crippen LogP contribution in [0.1, 0.15) is 47.7 Å². The van der Waals surface area contributed by atoms with Crippen LogP contribution in [-0.4, -0.2) is 12.3 Å². The third-order valence-electron chi connectivity index (χ3n) is 3.24. The third kappa shape index (κ3) is 4.60. The molecule has 0 aliphatic heterocycles. The zero-order valence-corrected chi connectivity index (χ0v) is 11.8. The second kappa shape index (κ2) is 6.92. The lowest BCUT2D eigenvalue weighted by atomic mass is 9.87. The second-order valence-electron chi connectivity index (χ2n) is 4.95. The van der Waals surface area contributed by atoms with Crippen molar-refractivity contribution in [1.82, 2.24) is 0 Å². The fourth-order valence-electron chi connectivity index (χ4n) is 2.05. The molecule has 1 heterocycles. The largest absolute Gasteiger partial charge is 0.330 e. The van der Waals surface area contributed by atoms with E-state index in [-0.39, 0.29) is 5.78 Å². The summed E-state index contributed by atoms with van der Waals surface area (Å²) in [5, 5.41) is 0. The van der Waals surface area contributed by atoms with Gasteiger partial charge in [0, 0.05) is 11.3 Å². The van der Waals surface area contributed by atoms with Crippen molar-refractivity contribution in [3.63, 3.8) is 0 Å². The molecule has 1 atom stereocenters. The van der Waals surface area contributed by atoms with E-state index in [0.29, 0.717) is 18.3 Å². The number of thiophene rings is 1. The molecule has 1 aromatic heterocycles. The zero-order chi connectivity index (χ0) is 12.8. The first-order chi connectivity index (χ1) is 8.04. The molecule has 0 saturated heterocycles. The van der Waals surface area contributed by atoms with Gasteiger partial charge in [-0.15, -0.1) is 11.3 Å². The van der Waals surface area contributed by atoms with Crippen LogP contribution in [0.15, 0.2) is 12.1 Å². The Morgan fingerprint density at radius 1 is 1.35 bits per heavy atom. The Morgan fingerprint density at radius 3 is 2.53 bits per heavy atom. The number of carbonyl (C=O) groups is 1. The van der Waals surface area contributed by atoms with Crippen molar-refractivity contribution in [2.45, 2.75) is 40.0 Å². The fourth-order valence-corrected chi connectivity index (χ4v) is 2.88. The molecule has 2 N–H and O–H groups in total. The quantitative estimate of drug-likeness (QED) is 0.754. The first-order valence-electron chi connectivity index (χ1n) is 6.34. The lowest BCUT2D eigenvalue weighted by Gasteiger charge is -2.19. The van der Waals surface area contributed by atoms with Crippen LogP contribution in [0.3, 0.4) is 0 Å². The van der Waals surface area contributed by atoms with Crippen molar-refractivity contribution in [2.24, 2.45) is 17.6 Å². The van der Waals surface area contributed by atoms with Gasteiger partial charge in [-0.25, -0.2) is 0 Å². The van der Waals surface area contributed by atoms with Crippen molar-refractivity contribution < 1.29 is 4.79 Å². The molecule has 0 spiro atoms. The van der Waals surface area contributed by atoms with E-state index in [0.717, 1.165) is 24.3 Å². The molecule has 0 aliphatic carbocycles. The Labute approximate surface area is 108 Å². The van der Waals surface area contributed by atoms with E-state index in [4.69, 9.17) is 5.73 Å². The molecule has 1 aromatic rings. The Morgan fingerprint density at radius 2 is 2.06 bits per heavy atom. The topological polar surface area (TPSA) is 43.1 Å². The van der Waals surface area contributed by atoms with Crippen molar-refractivity contribution >= 4 is 17.1 Å². The molecule has 0 amide bonds. The van der Waals surface area contributed by atoms with E-state index in [1.165, 1.54) is 4.88 Å². The third-order valence-corrected chi connectivity index (χ3v) is 4.28. The van der Waals surface area contributed by atoms with Gasteiger partial charge in [-0.05, 0) is 50.3 Å². The number of hydrogen-bond donors (Lipinski definition) is 1. The lowest BCUT2D eigenvalue weighted by Crippen LogP contribution is -2.15. The smallest absolute Gasteiger partial charge is 0.172 e. The van der Waals surface area contributed by atoms with Crippen LogP contribution in [0.2, 0.25) is 0 Å². The van der Waals surface area contributed by atoms with E-state index >= 15 is 0 Å². The molecule has 0 saturated carbocycles. The highest BCUT2D eigenvalue weighted by molar-refractivity contribution is 7.14. The number of ketones is 1. The van der Waals surface area contributed by atoms with Gasteiger partial charge in [0.2, 0.25) is 0 Å². The van der Waals surface area contributed by atoms with E-state index in [2.05, 4.69) is 13.8 Å². The Kier molecular flexibility index (Phi) is 5.86. The molecular formula is C14H23NOS. The molecule has 0 bridgehead atoms. The fraction of sp³-hybridized carbons (Fsp3) is 0.643. The summed E-state index contributed by atoms with van der Waals surface area (Å²) in [6.45, 7) is 7.17. The minimum atomic E-state index is 0.283. The highest BCUT2D eigenvalue weighted by atomic mass is 32.1. The van der Waals surface area contributed by atoms with Crippen LogP contribution in [0, 0.1) is 18.8 Å². The number of carbonyl (C=O) groups excluding carboxylic acids is 1. The van der Waals surface area contributed by atoms with E-state index in [9.17, 15) is 4.79 Å². The van der Waals surface area contributed by atoms with E-state index in [1.54, 1.807) is 11.3 Å². The van der Waals surface area contributed by atoms with Crippen LogP contribution in [-0.2, 0) is 0 Å². The van der Waals surface area contributed by atoms with E-state index < -0.39 is 0 Å². The normalized spacial score (nSPS) is 13.0. The summed E-state index contributed by atoms with van der Waals surface area (Å²) in [6, 6.07) is 3.95. The maximum atomic E-state index is 12.0. The van der Waals surface area contributed by atoms with Crippen LogP contribution < -0.4 is 5.73 Å². The van der Waals surface area contributed by atoms with Gasteiger partial charge in [-0.1, -0.05) is 13.8 Å². The maximum Gasteiger partial charge on any atom is 0.172 e. The first-order valence-corrected chi connectivity index (χ1v) is 7.16. The first kappa shape index (κ1) is 14.4. The molecule has 0 aromatic carbocycles. The van der Waals surface area contributed by atoms with Crippen LogP contribution in [0.25, 0.3) is 0 Å². The summed E-state index contributed by atoms with van der Waals surface area (Å²) in [6.07, 6.45) is 2.64. The summed E-state index contributed by atoms with van der Waals surface area (Å²) in [5.74, 6) is 1.47. The van der Waals surface area contributed by atoms with Crippen LogP contribution in [0.5, 0.6) is 0 Å². The summed E-state index contributed by atoms with van der Waals surface area (Å²) in [5.41, 5.74) is 5.61. The lowest BCUT2D eigenvalue weighted by molar-refractivity contribution is 0.0973. The van der Waals surface area contributed by atoms with Crippen molar-refractivity contribution in [3.8, 4) is 0 Å². The average molecular weight is 253 g/mol. The molecule has 0 radical (unpaired) electrons. The molecule has 3 heteroatoms. The minimum absolute atomic E-state index is 0.283. The van der Waals surface area contributed by atoms with Gasteiger partial charge in [0.15, 0.2) is 5.78 Å². The van der Waals surface area contributed by atoms with Gasteiger partial charge in [-0.2, -0.15) is 0 Å². The highest BCUT2D eigenvalue weighted by Crippen LogP contribution is 2.23. The standard InChI is InChI=1S/C14H23NOS/c1-10(2)12(8-9-15)5-6-13(16)14-7-4-11(3)17-14/h4,7,10,12H,5-6,8-9,15H2,1-3H3. The zero-order valence-electron chi connectivity index (χ0n) is 11.0. The van der Waals surface area contributed by atoms with Crippen LogP contribution in [0.4, 0.5) is 0 Å².